The van der Waals surface area contributed by atoms with Crippen molar-refractivity contribution >= 4 is 17.9 Å². The standard InChI is InChI=1S/C16H18N2O2/c1-3-11-6-5-7-12(4-2)15(11)18-16(20)14-9-8-13(10-19)17-14/h5-10,17H,3-4H2,1-2H3,(H,18,20). The van der Waals surface area contributed by atoms with E-state index in [9.17, 15) is 9.59 Å². The Hall–Kier alpha value is -2.36. The molecule has 20 heavy (non-hydrogen) atoms. The molecule has 0 radical (unpaired) electrons. The number of aldehydes is 1. The van der Waals surface area contributed by atoms with Crippen LogP contribution in [0.4, 0.5) is 5.69 Å². The third-order valence-corrected chi connectivity index (χ3v) is 3.32. The van der Waals surface area contributed by atoms with Gasteiger partial charge in [-0.3, -0.25) is 9.59 Å². The highest BCUT2D eigenvalue weighted by Crippen LogP contribution is 2.23. The summed E-state index contributed by atoms with van der Waals surface area (Å²) >= 11 is 0. The molecule has 2 aromatic rings. The average molecular weight is 270 g/mol. The Morgan fingerprint density at radius 2 is 1.80 bits per heavy atom. The molecule has 0 fully saturated rings. The molecule has 1 aromatic heterocycles. The Labute approximate surface area is 118 Å². The predicted molar refractivity (Wildman–Crippen MR) is 79.3 cm³/mol. The van der Waals surface area contributed by atoms with E-state index in [0.717, 1.165) is 29.7 Å². The van der Waals surface area contributed by atoms with Gasteiger partial charge in [0, 0.05) is 5.69 Å². The quantitative estimate of drug-likeness (QED) is 0.819. The van der Waals surface area contributed by atoms with Crippen molar-refractivity contribution in [3.63, 3.8) is 0 Å². The highest BCUT2D eigenvalue weighted by atomic mass is 16.2. The second-order valence-corrected chi connectivity index (χ2v) is 4.56. The predicted octanol–water partition coefficient (Wildman–Crippen LogP) is 3.20. The van der Waals surface area contributed by atoms with Gasteiger partial charge in [-0.2, -0.15) is 0 Å². The topological polar surface area (TPSA) is 62.0 Å². The molecular weight excluding hydrogens is 252 g/mol. The van der Waals surface area contributed by atoms with Crippen LogP contribution in [0.1, 0.15) is 46.0 Å². The van der Waals surface area contributed by atoms with Gasteiger partial charge in [-0.25, -0.2) is 0 Å². The maximum atomic E-state index is 12.2. The number of hydrogen-bond acceptors (Lipinski definition) is 2. The second-order valence-electron chi connectivity index (χ2n) is 4.56. The lowest BCUT2D eigenvalue weighted by atomic mass is 10.0. The second kappa shape index (κ2) is 6.19. The van der Waals surface area contributed by atoms with Crippen LogP contribution in [0.3, 0.4) is 0 Å². The van der Waals surface area contributed by atoms with Crippen LogP contribution in [0, 0.1) is 0 Å². The van der Waals surface area contributed by atoms with E-state index in [1.807, 2.05) is 18.2 Å². The lowest BCUT2D eigenvalue weighted by molar-refractivity contribution is 0.102. The van der Waals surface area contributed by atoms with Gasteiger partial charge in [0.1, 0.15) is 5.69 Å². The smallest absolute Gasteiger partial charge is 0.272 e. The van der Waals surface area contributed by atoms with Crippen molar-refractivity contribution < 1.29 is 9.59 Å². The Morgan fingerprint density at radius 3 is 2.30 bits per heavy atom. The van der Waals surface area contributed by atoms with Crippen LogP contribution in [0.2, 0.25) is 0 Å². The fourth-order valence-corrected chi connectivity index (χ4v) is 2.20. The molecule has 0 saturated heterocycles. The normalized spacial score (nSPS) is 10.3. The first-order chi connectivity index (χ1) is 9.69. The summed E-state index contributed by atoms with van der Waals surface area (Å²) in [6.45, 7) is 4.12. The zero-order valence-corrected chi connectivity index (χ0v) is 11.7. The van der Waals surface area contributed by atoms with Crippen LogP contribution in [0.15, 0.2) is 30.3 Å². The number of para-hydroxylation sites is 1. The number of aromatic nitrogens is 1. The lowest BCUT2D eigenvalue weighted by Crippen LogP contribution is -2.15. The number of H-pyrrole nitrogens is 1. The lowest BCUT2D eigenvalue weighted by Gasteiger charge is -2.13. The highest BCUT2D eigenvalue weighted by Gasteiger charge is 2.13. The molecule has 0 saturated carbocycles. The van der Waals surface area contributed by atoms with E-state index in [1.165, 1.54) is 0 Å². The van der Waals surface area contributed by atoms with Crippen molar-refractivity contribution in [1.82, 2.24) is 4.98 Å². The van der Waals surface area contributed by atoms with Gasteiger partial charge in [-0.05, 0) is 36.1 Å². The van der Waals surface area contributed by atoms with E-state index in [1.54, 1.807) is 12.1 Å². The Kier molecular flexibility index (Phi) is 4.35. The number of anilines is 1. The maximum absolute atomic E-state index is 12.2. The first-order valence-electron chi connectivity index (χ1n) is 6.75. The Morgan fingerprint density at radius 1 is 1.15 bits per heavy atom. The van der Waals surface area contributed by atoms with E-state index < -0.39 is 0 Å². The molecule has 1 heterocycles. The highest BCUT2D eigenvalue weighted by molar-refractivity contribution is 6.04. The molecule has 104 valence electrons. The summed E-state index contributed by atoms with van der Waals surface area (Å²) in [5.74, 6) is -0.228. The van der Waals surface area contributed by atoms with E-state index in [4.69, 9.17) is 0 Å². The van der Waals surface area contributed by atoms with Gasteiger partial charge in [-0.1, -0.05) is 32.0 Å². The third kappa shape index (κ3) is 2.79. The summed E-state index contributed by atoms with van der Waals surface area (Å²) in [7, 11) is 0. The van der Waals surface area contributed by atoms with Gasteiger partial charge in [-0.15, -0.1) is 0 Å². The Bertz CT molecular complexity index is 607. The molecule has 0 spiro atoms. The van der Waals surface area contributed by atoms with E-state index in [-0.39, 0.29) is 5.91 Å². The number of carbonyl (C=O) groups is 2. The number of aryl methyl sites for hydroxylation is 2. The fourth-order valence-electron chi connectivity index (χ4n) is 2.20. The van der Waals surface area contributed by atoms with Crippen molar-refractivity contribution in [2.75, 3.05) is 5.32 Å². The molecule has 0 atom stereocenters. The molecule has 0 aliphatic carbocycles. The zero-order valence-electron chi connectivity index (χ0n) is 11.7. The van der Waals surface area contributed by atoms with Gasteiger partial charge in [0.15, 0.2) is 6.29 Å². The molecule has 0 unspecified atom stereocenters. The number of nitrogens with one attached hydrogen (secondary N) is 2. The zero-order chi connectivity index (χ0) is 14.5. The van der Waals surface area contributed by atoms with Crippen LogP contribution in [0.25, 0.3) is 0 Å². The van der Waals surface area contributed by atoms with Crippen LogP contribution in [-0.2, 0) is 12.8 Å². The van der Waals surface area contributed by atoms with Crippen molar-refractivity contribution in [2.45, 2.75) is 26.7 Å². The van der Waals surface area contributed by atoms with Crippen LogP contribution in [-0.4, -0.2) is 17.2 Å². The van der Waals surface area contributed by atoms with Gasteiger partial charge >= 0.3 is 0 Å². The number of rotatable bonds is 5. The monoisotopic (exact) mass is 270 g/mol. The summed E-state index contributed by atoms with van der Waals surface area (Å²) < 4.78 is 0. The number of benzene rings is 1. The van der Waals surface area contributed by atoms with Gasteiger partial charge in [0.25, 0.3) is 5.91 Å². The number of carbonyl (C=O) groups excluding carboxylic acids is 2. The van der Waals surface area contributed by atoms with E-state index in [2.05, 4.69) is 24.1 Å². The largest absolute Gasteiger partial charge is 0.348 e. The van der Waals surface area contributed by atoms with E-state index >= 15 is 0 Å². The van der Waals surface area contributed by atoms with Crippen molar-refractivity contribution in [3.8, 4) is 0 Å². The van der Waals surface area contributed by atoms with E-state index in [0.29, 0.717) is 17.7 Å². The molecular formula is C16H18N2O2. The molecule has 4 nitrogen and oxygen atoms in total. The minimum absolute atomic E-state index is 0.228. The third-order valence-electron chi connectivity index (χ3n) is 3.32. The first-order valence-corrected chi connectivity index (χ1v) is 6.75. The summed E-state index contributed by atoms with van der Waals surface area (Å²) in [6, 6.07) is 9.24. The SMILES string of the molecule is CCc1cccc(CC)c1NC(=O)c1ccc(C=O)[nH]1. The minimum Gasteiger partial charge on any atom is -0.348 e. The van der Waals surface area contributed by atoms with Gasteiger partial charge in [0.2, 0.25) is 0 Å². The molecule has 0 aliphatic heterocycles. The maximum Gasteiger partial charge on any atom is 0.272 e. The molecule has 4 heteroatoms. The minimum atomic E-state index is -0.228. The van der Waals surface area contributed by atoms with Crippen molar-refractivity contribution in [2.24, 2.45) is 0 Å². The molecule has 1 aromatic carbocycles. The molecule has 2 rings (SSSR count). The molecule has 0 bridgehead atoms. The van der Waals surface area contributed by atoms with Crippen LogP contribution >= 0.6 is 0 Å². The molecule has 0 aliphatic rings. The van der Waals surface area contributed by atoms with Crippen LogP contribution < -0.4 is 5.32 Å². The number of aromatic amines is 1. The van der Waals surface area contributed by atoms with Crippen LogP contribution in [0.5, 0.6) is 0 Å². The summed E-state index contributed by atoms with van der Waals surface area (Å²) in [5.41, 5.74) is 3.89. The average Bonchev–Trinajstić information content (AvgIpc) is 2.96. The van der Waals surface area contributed by atoms with Crippen molar-refractivity contribution in [3.05, 3.63) is 52.8 Å². The van der Waals surface area contributed by atoms with Gasteiger partial charge in [0.05, 0.1) is 5.69 Å². The first kappa shape index (κ1) is 14.1. The van der Waals surface area contributed by atoms with Crippen molar-refractivity contribution in [1.29, 1.82) is 0 Å². The summed E-state index contributed by atoms with van der Waals surface area (Å²) in [6.07, 6.45) is 2.40. The number of hydrogen-bond donors (Lipinski definition) is 2. The molecule has 1 amide bonds. The van der Waals surface area contributed by atoms with Gasteiger partial charge < -0.3 is 10.3 Å². The molecule has 2 N–H and O–H groups in total. The summed E-state index contributed by atoms with van der Waals surface area (Å²) in [5, 5.41) is 2.95. The summed E-state index contributed by atoms with van der Waals surface area (Å²) in [4.78, 5) is 25.6. The Balaban J connectivity index is 2.29. The fraction of sp³-hybridized carbons (Fsp3) is 0.250. The number of amides is 1.